The third kappa shape index (κ3) is 5.53. The zero-order chi connectivity index (χ0) is 32.1. The van der Waals surface area contributed by atoms with E-state index in [1.165, 1.54) is 17.9 Å². The summed E-state index contributed by atoms with van der Waals surface area (Å²) in [6.45, 7) is 8.15. The molecular formula is C31H34F3N7O3. The summed E-state index contributed by atoms with van der Waals surface area (Å²) in [5.74, 6) is -0.452. The smallest absolute Gasteiger partial charge is 0.365 e. The Kier molecular flexibility index (Phi) is 8.00. The van der Waals surface area contributed by atoms with Gasteiger partial charge in [0.25, 0.3) is 0 Å². The maximum absolute atomic E-state index is 14.0. The Balaban J connectivity index is 1.41. The quantitative estimate of drug-likeness (QED) is 0.372. The molecule has 0 saturated carbocycles. The Labute approximate surface area is 253 Å². The highest BCUT2D eigenvalue weighted by atomic mass is 19.4. The molecule has 2 aliphatic rings. The van der Waals surface area contributed by atoms with Crippen molar-refractivity contribution < 1.29 is 27.6 Å². The van der Waals surface area contributed by atoms with Crippen molar-refractivity contribution in [3.05, 3.63) is 77.0 Å². The van der Waals surface area contributed by atoms with Crippen LogP contribution in [0.15, 0.2) is 43.0 Å². The van der Waals surface area contributed by atoms with Crippen LogP contribution in [-0.4, -0.2) is 57.3 Å². The molecule has 13 heteroatoms. The first-order chi connectivity index (χ1) is 20.7. The molecule has 0 aliphatic carbocycles. The summed E-state index contributed by atoms with van der Waals surface area (Å²) >= 11 is 0. The number of carbonyl (C=O) groups excluding carboxylic acids is 3. The molecule has 3 amide bonds. The topological polar surface area (TPSA) is 94.9 Å². The van der Waals surface area contributed by atoms with Crippen LogP contribution in [0.25, 0.3) is 0 Å². The number of para-hydroxylation sites is 1. The molecule has 1 atom stereocenters. The predicted molar refractivity (Wildman–Crippen MR) is 159 cm³/mol. The lowest BCUT2D eigenvalue weighted by molar-refractivity contribution is -0.137. The maximum atomic E-state index is 14.0. The van der Waals surface area contributed by atoms with Gasteiger partial charge in [-0.2, -0.15) is 13.2 Å². The zero-order valence-electron chi connectivity index (χ0n) is 25.3. The number of likely N-dealkylation sites (N-methyl/N-ethyl adjacent to an activating group) is 1. The number of aromatic nitrogens is 3. The minimum Gasteiger partial charge on any atom is -0.365 e. The number of anilines is 3. The van der Waals surface area contributed by atoms with Crippen LogP contribution in [0.4, 0.5) is 30.4 Å². The number of rotatable bonds is 7. The standard InChI is InChI=1S/C31H34F3N7O3/c1-7-27(42)40-15-21-24(16-40)38(5)26(36-21)17-37(4)29-18(2)9-8-10-22(29)39(6)30(44)23-11-12-28(43)41(23)25-14-20(31(32,33)34)13-19(3)35-25/h7-10,13-14,23H,1,11-12,15-17H2,2-6H3/t23-/m0/s1. The summed E-state index contributed by atoms with van der Waals surface area (Å²) in [4.78, 5) is 54.1. The van der Waals surface area contributed by atoms with Gasteiger partial charge in [0.1, 0.15) is 17.7 Å². The summed E-state index contributed by atoms with van der Waals surface area (Å²) in [5, 5.41) is 0. The number of pyridine rings is 1. The van der Waals surface area contributed by atoms with Crippen molar-refractivity contribution in [2.45, 2.75) is 58.5 Å². The number of aryl methyl sites for hydroxylation is 2. The van der Waals surface area contributed by atoms with Crippen molar-refractivity contribution in [3.63, 3.8) is 0 Å². The third-order valence-corrected chi connectivity index (χ3v) is 8.24. The second kappa shape index (κ2) is 11.4. The van der Waals surface area contributed by atoms with E-state index in [-0.39, 0.29) is 30.3 Å². The van der Waals surface area contributed by atoms with Crippen LogP contribution in [0, 0.1) is 13.8 Å². The van der Waals surface area contributed by atoms with Gasteiger partial charge in [0.2, 0.25) is 17.7 Å². The number of amides is 3. The minimum absolute atomic E-state index is 0.0153. The van der Waals surface area contributed by atoms with E-state index in [1.54, 1.807) is 18.0 Å². The Hall–Kier alpha value is -4.68. The van der Waals surface area contributed by atoms with Gasteiger partial charge < -0.3 is 19.3 Å². The Bertz CT molecular complexity index is 1670. The molecule has 2 aromatic heterocycles. The Morgan fingerprint density at radius 1 is 1.14 bits per heavy atom. The molecule has 10 nitrogen and oxygen atoms in total. The number of alkyl halides is 3. The lowest BCUT2D eigenvalue weighted by atomic mass is 10.1. The fourth-order valence-electron chi connectivity index (χ4n) is 6.00. The summed E-state index contributed by atoms with van der Waals surface area (Å²) in [6, 6.07) is 6.25. The van der Waals surface area contributed by atoms with E-state index in [9.17, 15) is 27.6 Å². The monoisotopic (exact) mass is 609 g/mol. The van der Waals surface area contributed by atoms with Crippen LogP contribution in [-0.2, 0) is 47.2 Å². The van der Waals surface area contributed by atoms with Crippen LogP contribution in [0.3, 0.4) is 0 Å². The van der Waals surface area contributed by atoms with Gasteiger partial charge in [-0.05, 0) is 50.1 Å². The SMILES string of the molecule is C=CC(=O)N1Cc2nc(CN(C)c3c(C)cccc3N(C)C(=O)[C@@H]3CCC(=O)N3c3cc(C(F)(F)F)cc(C)n3)n(C)c2C1. The van der Waals surface area contributed by atoms with Crippen molar-refractivity contribution in [3.8, 4) is 0 Å². The fourth-order valence-corrected chi connectivity index (χ4v) is 6.00. The van der Waals surface area contributed by atoms with E-state index in [2.05, 4.69) is 11.6 Å². The van der Waals surface area contributed by atoms with E-state index in [0.717, 1.165) is 45.5 Å². The van der Waals surface area contributed by atoms with Gasteiger partial charge in [0, 0.05) is 33.3 Å². The Morgan fingerprint density at radius 2 is 1.86 bits per heavy atom. The third-order valence-electron chi connectivity index (χ3n) is 8.24. The molecule has 5 rings (SSSR count). The summed E-state index contributed by atoms with van der Waals surface area (Å²) in [5.41, 5.74) is 3.18. The number of nitrogens with zero attached hydrogens (tertiary/aromatic N) is 7. The van der Waals surface area contributed by atoms with Crippen LogP contribution in [0.1, 0.15) is 46.9 Å². The first-order valence-corrected chi connectivity index (χ1v) is 14.1. The second-order valence-corrected chi connectivity index (χ2v) is 11.2. The lowest BCUT2D eigenvalue weighted by Crippen LogP contribution is -2.46. The van der Waals surface area contributed by atoms with Gasteiger partial charge in [0.15, 0.2) is 0 Å². The molecule has 232 valence electrons. The van der Waals surface area contributed by atoms with Gasteiger partial charge in [-0.15, -0.1) is 0 Å². The van der Waals surface area contributed by atoms with Gasteiger partial charge in [-0.25, -0.2) is 9.97 Å². The van der Waals surface area contributed by atoms with E-state index in [0.29, 0.717) is 25.3 Å². The normalized spacial score (nSPS) is 16.4. The van der Waals surface area contributed by atoms with E-state index in [4.69, 9.17) is 4.98 Å². The molecule has 4 heterocycles. The molecule has 3 aromatic rings. The molecule has 1 aromatic carbocycles. The number of carbonyl (C=O) groups is 3. The predicted octanol–water partition coefficient (Wildman–Crippen LogP) is 4.27. The Morgan fingerprint density at radius 3 is 2.52 bits per heavy atom. The van der Waals surface area contributed by atoms with Crippen molar-refractivity contribution in [2.75, 3.05) is 28.8 Å². The molecule has 1 fully saturated rings. The number of imidazole rings is 1. The van der Waals surface area contributed by atoms with Crippen molar-refractivity contribution in [1.29, 1.82) is 0 Å². The summed E-state index contributed by atoms with van der Waals surface area (Å²) in [6.07, 6.45) is -3.17. The first-order valence-electron chi connectivity index (χ1n) is 14.1. The molecule has 0 bridgehead atoms. The second-order valence-electron chi connectivity index (χ2n) is 11.2. The van der Waals surface area contributed by atoms with Gasteiger partial charge in [-0.1, -0.05) is 18.7 Å². The molecular weight excluding hydrogens is 575 g/mol. The van der Waals surface area contributed by atoms with Crippen LogP contribution < -0.4 is 14.7 Å². The number of halogens is 3. The van der Waals surface area contributed by atoms with E-state index < -0.39 is 29.6 Å². The summed E-state index contributed by atoms with van der Waals surface area (Å²) < 4.78 is 42.6. The average molecular weight is 610 g/mol. The number of hydrogen-bond donors (Lipinski definition) is 0. The largest absolute Gasteiger partial charge is 0.416 e. The molecule has 0 N–H and O–H groups in total. The van der Waals surface area contributed by atoms with Crippen LogP contribution >= 0.6 is 0 Å². The number of fused-ring (bicyclic) bond motifs is 1. The van der Waals surface area contributed by atoms with Gasteiger partial charge >= 0.3 is 6.18 Å². The zero-order valence-corrected chi connectivity index (χ0v) is 25.3. The van der Waals surface area contributed by atoms with Gasteiger partial charge in [-0.3, -0.25) is 19.3 Å². The van der Waals surface area contributed by atoms with E-state index in [1.807, 2.05) is 42.6 Å². The van der Waals surface area contributed by atoms with Gasteiger partial charge in [0.05, 0.1) is 48.0 Å². The van der Waals surface area contributed by atoms with E-state index >= 15 is 0 Å². The summed E-state index contributed by atoms with van der Waals surface area (Å²) in [7, 11) is 5.39. The molecule has 0 radical (unpaired) electrons. The molecule has 0 spiro atoms. The average Bonchev–Trinajstić information content (AvgIpc) is 3.64. The molecule has 0 unspecified atom stereocenters. The minimum atomic E-state index is -4.63. The van der Waals surface area contributed by atoms with Crippen molar-refractivity contribution in [2.24, 2.45) is 7.05 Å². The molecule has 1 saturated heterocycles. The van der Waals surface area contributed by atoms with Crippen molar-refractivity contribution >= 4 is 34.9 Å². The lowest BCUT2D eigenvalue weighted by Gasteiger charge is -2.32. The number of benzene rings is 1. The molecule has 2 aliphatic heterocycles. The fraction of sp³-hybridized carbons (Fsp3) is 0.387. The van der Waals surface area contributed by atoms with Crippen molar-refractivity contribution in [1.82, 2.24) is 19.4 Å². The highest BCUT2D eigenvalue weighted by Gasteiger charge is 2.41. The highest BCUT2D eigenvalue weighted by Crippen LogP contribution is 2.37. The highest BCUT2D eigenvalue weighted by molar-refractivity contribution is 6.09. The first kappa shape index (κ1) is 30.8. The number of hydrogen-bond acceptors (Lipinski definition) is 6. The maximum Gasteiger partial charge on any atom is 0.416 e. The van der Waals surface area contributed by atoms with Crippen LogP contribution in [0.5, 0.6) is 0 Å². The van der Waals surface area contributed by atoms with Crippen LogP contribution in [0.2, 0.25) is 0 Å². The molecule has 44 heavy (non-hydrogen) atoms.